The second-order valence-corrected chi connectivity index (χ2v) is 6.93. The smallest absolute Gasteiger partial charge is 0.375 e. The zero-order chi connectivity index (χ0) is 13.5. The third-order valence-electron chi connectivity index (χ3n) is 2.93. The fourth-order valence-electron chi connectivity index (χ4n) is 1.91. The zero-order valence-electron chi connectivity index (χ0n) is 10.1. The number of hydrogen-bond acceptors (Lipinski definition) is 5. The maximum absolute atomic E-state index is 12.4. The van der Waals surface area contributed by atoms with E-state index < -0.39 is 19.4 Å². The third kappa shape index (κ3) is 1.93. The lowest BCUT2D eigenvalue weighted by atomic mass is 10.0. The highest BCUT2D eigenvalue weighted by atomic mass is 79.9. The second-order valence-electron chi connectivity index (χ2n) is 3.80. The Labute approximate surface area is 113 Å². The average molecular weight is 335 g/mol. The van der Waals surface area contributed by atoms with Crippen LogP contribution in [0, 0.1) is 6.92 Å². The molecule has 1 aromatic rings. The van der Waals surface area contributed by atoms with Gasteiger partial charge in [0, 0.05) is 24.3 Å². The maximum Gasteiger partial charge on any atom is 0.375 e. The lowest BCUT2D eigenvalue weighted by Crippen LogP contribution is -2.04. The van der Waals surface area contributed by atoms with Crippen LogP contribution in [0.5, 0.6) is 0 Å². The van der Waals surface area contributed by atoms with E-state index in [0.29, 0.717) is 11.1 Å². The molecule has 0 radical (unpaired) electrons. The molecule has 1 aromatic carbocycles. The number of halogens is 1. The molecule has 1 aliphatic rings. The molecule has 7 heteroatoms. The topological polar surface area (TPSA) is 61.8 Å². The Morgan fingerprint density at radius 2 is 1.94 bits per heavy atom. The van der Waals surface area contributed by atoms with Gasteiger partial charge in [-0.1, -0.05) is 15.9 Å². The Bertz CT molecular complexity index is 549. The number of ether oxygens (including phenoxy) is 1. The van der Waals surface area contributed by atoms with Gasteiger partial charge in [0.1, 0.15) is 0 Å². The van der Waals surface area contributed by atoms with Crippen molar-refractivity contribution in [1.29, 1.82) is 0 Å². The molecule has 0 saturated carbocycles. The Balaban J connectivity index is 2.63. The lowest BCUT2D eigenvalue weighted by Gasteiger charge is -2.21. The van der Waals surface area contributed by atoms with Crippen LogP contribution in [0.1, 0.15) is 27.3 Å². The van der Waals surface area contributed by atoms with Crippen molar-refractivity contribution in [3.05, 3.63) is 33.3 Å². The van der Waals surface area contributed by atoms with Crippen molar-refractivity contribution in [3.8, 4) is 0 Å². The van der Waals surface area contributed by atoms with Crippen LogP contribution in [-0.4, -0.2) is 20.2 Å². The summed E-state index contributed by atoms with van der Waals surface area (Å²) in [4.78, 5) is 11.7. The first-order chi connectivity index (χ1) is 8.44. The summed E-state index contributed by atoms with van der Waals surface area (Å²) in [5, 5.41) is 0. The van der Waals surface area contributed by atoms with Gasteiger partial charge in [-0.2, -0.15) is 0 Å². The first kappa shape index (κ1) is 13.7. The Morgan fingerprint density at radius 1 is 1.33 bits per heavy atom. The minimum absolute atomic E-state index is 0.398. The van der Waals surface area contributed by atoms with Crippen LogP contribution in [0.2, 0.25) is 0 Å². The molecule has 2 rings (SSSR count). The summed E-state index contributed by atoms with van der Waals surface area (Å²) in [5.41, 5.74) is 1.74. The summed E-state index contributed by atoms with van der Waals surface area (Å²) in [6.07, 6.45) is 0. The summed E-state index contributed by atoms with van der Waals surface area (Å²) in [6.45, 7) is 1.81. The van der Waals surface area contributed by atoms with Crippen molar-refractivity contribution < 1.29 is 23.1 Å². The lowest BCUT2D eigenvalue weighted by molar-refractivity contribution is 0.0456. The normalized spacial score (nSPS) is 18.7. The highest BCUT2D eigenvalue weighted by molar-refractivity contribution is 9.10. The largest absolute Gasteiger partial charge is 0.441 e. The Morgan fingerprint density at radius 3 is 2.50 bits per heavy atom. The fourth-order valence-corrected chi connectivity index (χ4v) is 3.66. The number of esters is 1. The van der Waals surface area contributed by atoms with E-state index in [1.54, 1.807) is 12.1 Å². The summed E-state index contributed by atoms with van der Waals surface area (Å²) < 4.78 is 28.2. The SMILES string of the molecule is COP(=O)(OC)C1OC(=O)c2ccc(Br)c(C)c21. The summed E-state index contributed by atoms with van der Waals surface area (Å²) >= 11 is 3.37. The molecule has 5 nitrogen and oxygen atoms in total. The Kier molecular flexibility index (Phi) is 3.65. The fraction of sp³-hybridized carbons (Fsp3) is 0.364. The van der Waals surface area contributed by atoms with Crippen molar-refractivity contribution in [2.45, 2.75) is 12.8 Å². The van der Waals surface area contributed by atoms with E-state index in [4.69, 9.17) is 13.8 Å². The standard InChI is InChI=1S/C11H12BrO5P/c1-6-8(12)5-4-7-9(6)11(17-10(7)13)18(14,15-2)16-3/h4-5,11H,1-3H3. The molecule has 0 aromatic heterocycles. The van der Waals surface area contributed by atoms with E-state index in [1.165, 1.54) is 14.2 Å². The molecule has 0 aliphatic carbocycles. The van der Waals surface area contributed by atoms with Crippen LogP contribution in [0.4, 0.5) is 0 Å². The molecule has 1 unspecified atom stereocenters. The monoisotopic (exact) mass is 334 g/mol. The predicted octanol–water partition coefficient (Wildman–Crippen LogP) is 3.41. The average Bonchev–Trinajstić information content (AvgIpc) is 2.71. The van der Waals surface area contributed by atoms with Crippen molar-refractivity contribution in [1.82, 2.24) is 0 Å². The number of benzene rings is 1. The van der Waals surface area contributed by atoms with E-state index in [9.17, 15) is 9.36 Å². The van der Waals surface area contributed by atoms with E-state index in [0.717, 1.165) is 10.0 Å². The van der Waals surface area contributed by atoms with Gasteiger partial charge < -0.3 is 13.8 Å². The van der Waals surface area contributed by atoms with Crippen molar-refractivity contribution >= 4 is 29.5 Å². The number of fused-ring (bicyclic) bond motifs is 1. The molecule has 0 N–H and O–H groups in total. The van der Waals surface area contributed by atoms with Gasteiger partial charge in [-0.05, 0) is 24.6 Å². The summed E-state index contributed by atoms with van der Waals surface area (Å²) in [6, 6.07) is 3.38. The van der Waals surface area contributed by atoms with Gasteiger partial charge in [-0.3, -0.25) is 4.57 Å². The molecule has 1 heterocycles. The van der Waals surface area contributed by atoms with Crippen molar-refractivity contribution in [2.75, 3.05) is 14.2 Å². The zero-order valence-corrected chi connectivity index (χ0v) is 12.6. The van der Waals surface area contributed by atoms with Gasteiger partial charge in [0.2, 0.25) is 5.85 Å². The van der Waals surface area contributed by atoms with E-state index in [1.807, 2.05) is 6.92 Å². The summed E-state index contributed by atoms with van der Waals surface area (Å²) in [7, 11) is -0.975. The molecule has 98 valence electrons. The number of carbonyl (C=O) groups excluding carboxylic acids is 1. The van der Waals surface area contributed by atoms with Crippen LogP contribution in [0.3, 0.4) is 0 Å². The quantitative estimate of drug-likeness (QED) is 0.626. The van der Waals surface area contributed by atoms with Crippen molar-refractivity contribution in [2.24, 2.45) is 0 Å². The highest BCUT2D eigenvalue weighted by Gasteiger charge is 2.46. The van der Waals surface area contributed by atoms with Crippen LogP contribution in [0.15, 0.2) is 16.6 Å². The van der Waals surface area contributed by atoms with Crippen LogP contribution in [-0.2, 0) is 18.3 Å². The molecule has 0 fully saturated rings. The van der Waals surface area contributed by atoms with Gasteiger partial charge in [0.05, 0.1) is 5.56 Å². The van der Waals surface area contributed by atoms with E-state index >= 15 is 0 Å². The molecule has 1 aliphatic heterocycles. The summed E-state index contributed by atoms with van der Waals surface area (Å²) in [5.74, 6) is -1.52. The van der Waals surface area contributed by atoms with Gasteiger partial charge in [0.25, 0.3) is 0 Å². The number of cyclic esters (lactones) is 1. The minimum atomic E-state index is -3.51. The molecule has 1 atom stereocenters. The van der Waals surface area contributed by atoms with Crippen molar-refractivity contribution in [3.63, 3.8) is 0 Å². The van der Waals surface area contributed by atoms with Crippen LogP contribution < -0.4 is 0 Å². The second kappa shape index (κ2) is 4.78. The molecular formula is C11H12BrO5P. The van der Waals surface area contributed by atoms with Gasteiger partial charge in [-0.25, -0.2) is 4.79 Å². The Hall–Kier alpha value is -0.680. The maximum atomic E-state index is 12.4. The first-order valence-electron chi connectivity index (χ1n) is 5.15. The van der Waals surface area contributed by atoms with Crippen LogP contribution in [0.25, 0.3) is 0 Å². The van der Waals surface area contributed by atoms with Gasteiger partial charge >= 0.3 is 13.6 Å². The molecule has 0 spiro atoms. The van der Waals surface area contributed by atoms with E-state index in [-0.39, 0.29) is 0 Å². The minimum Gasteiger partial charge on any atom is -0.441 e. The first-order valence-corrected chi connectivity index (χ1v) is 7.56. The number of rotatable bonds is 3. The van der Waals surface area contributed by atoms with Gasteiger partial charge in [0.15, 0.2) is 0 Å². The highest BCUT2D eigenvalue weighted by Crippen LogP contribution is 2.63. The van der Waals surface area contributed by atoms with E-state index in [2.05, 4.69) is 15.9 Å². The van der Waals surface area contributed by atoms with Gasteiger partial charge in [-0.15, -0.1) is 0 Å². The number of hydrogen-bond donors (Lipinski definition) is 0. The molecule has 0 bridgehead atoms. The molecular weight excluding hydrogens is 323 g/mol. The number of carbonyl (C=O) groups is 1. The molecule has 0 saturated heterocycles. The third-order valence-corrected chi connectivity index (χ3v) is 5.75. The molecule has 0 amide bonds. The predicted molar refractivity (Wildman–Crippen MR) is 68.7 cm³/mol. The molecule has 18 heavy (non-hydrogen) atoms. The van der Waals surface area contributed by atoms with Crippen LogP contribution >= 0.6 is 23.5 Å².